The SMILES string of the molecule is COC(=O)/C=C/c1cc([N+](=O)[O-])c(N[C@H]2C[C@@H](C)CC(C)(C)C2)cc1OC. The van der Waals surface area contributed by atoms with Crippen molar-refractivity contribution in [1.29, 1.82) is 0 Å². The van der Waals surface area contributed by atoms with Gasteiger partial charge in [0.2, 0.25) is 0 Å². The van der Waals surface area contributed by atoms with Crippen molar-refractivity contribution in [3.8, 4) is 5.75 Å². The normalized spacial score (nSPS) is 21.7. The summed E-state index contributed by atoms with van der Waals surface area (Å²) in [6.07, 6.45) is 5.72. The summed E-state index contributed by atoms with van der Waals surface area (Å²) in [6.45, 7) is 6.67. The molecule has 0 saturated heterocycles. The molecule has 27 heavy (non-hydrogen) atoms. The van der Waals surface area contributed by atoms with Crippen LogP contribution in [0.5, 0.6) is 5.75 Å². The number of benzene rings is 1. The fourth-order valence-corrected chi connectivity index (χ4v) is 4.06. The number of carbonyl (C=O) groups is 1. The number of ether oxygens (including phenoxy) is 2. The number of nitro benzene ring substituents is 1. The Hall–Kier alpha value is -2.57. The Bertz CT molecular complexity index is 742. The van der Waals surface area contributed by atoms with E-state index in [1.54, 1.807) is 6.07 Å². The minimum Gasteiger partial charge on any atom is -0.496 e. The van der Waals surface area contributed by atoms with E-state index in [1.165, 1.54) is 32.4 Å². The van der Waals surface area contributed by atoms with E-state index >= 15 is 0 Å². The number of nitro groups is 1. The molecule has 2 atom stereocenters. The Kier molecular flexibility index (Phi) is 6.46. The Balaban J connectivity index is 2.36. The molecular weight excluding hydrogens is 348 g/mol. The van der Waals surface area contributed by atoms with Crippen molar-refractivity contribution in [3.63, 3.8) is 0 Å². The van der Waals surface area contributed by atoms with Crippen molar-refractivity contribution < 1.29 is 19.2 Å². The number of methoxy groups -OCH3 is 2. The number of esters is 1. The smallest absolute Gasteiger partial charge is 0.330 e. The average Bonchev–Trinajstić information content (AvgIpc) is 2.57. The van der Waals surface area contributed by atoms with Crippen molar-refractivity contribution >= 4 is 23.4 Å². The Morgan fingerprint density at radius 3 is 2.59 bits per heavy atom. The molecule has 1 N–H and O–H groups in total. The third kappa shape index (κ3) is 5.45. The number of hydrogen-bond donors (Lipinski definition) is 1. The van der Waals surface area contributed by atoms with Crippen molar-refractivity contribution in [3.05, 3.63) is 33.9 Å². The van der Waals surface area contributed by atoms with Crippen LogP contribution in [0.2, 0.25) is 0 Å². The van der Waals surface area contributed by atoms with Gasteiger partial charge < -0.3 is 14.8 Å². The highest BCUT2D eigenvalue weighted by Crippen LogP contribution is 2.41. The number of nitrogens with one attached hydrogen (secondary N) is 1. The number of nitrogens with zero attached hydrogens (tertiary/aromatic N) is 1. The molecule has 0 bridgehead atoms. The third-order valence-electron chi connectivity index (χ3n) is 4.89. The van der Waals surface area contributed by atoms with E-state index in [9.17, 15) is 14.9 Å². The number of hydrogen-bond acceptors (Lipinski definition) is 6. The lowest BCUT2D eigenvalue weighted by atomic mass is 9.70. The van der Waals surface area contributed by atoms with E-state index in [0.717, 1.165) is 19.3 Å². The molecule has 0 amide bonds. The van der Waals surface area contributed by atoms with Crippen LogP contribution in [-0.2, 0) is 9.53 Å². The minimum absolute atomic E-state index is 0.0450. The summed E-state index contributed by atoms with van der Waals surface area (Å²) in [5, 5.41) is 15.0. The van der Waals surface area contributed by atoms with Gasteiger partial charge in [-0.05, 0) is 36.7 Å². The van der Waals surface area contributed by atoms with Gasteiger partial charge in [-0.3, -0.25) is 10.1 Å². The summed E-state index contributed by atoms with van der Waals surface area (Å²) in [6, 6.07) is 3.20. The molecule has 1 saturated carbocycles. The number of anilines is 1. The van der Waals surface area contributed by atoms with Gasteiger partial charge in [-0.1, -0.05) is 20.8 Å². The molecule has 0 aliphatic heterocycles. The van der Waals surface area contributed by atoms with Gasteiger partial charge >= 0.3 is 5.97 Å². The van der Waals surface area contributed by atoms with E-state index in [1.807, 2.05) is 0 Å². The quantitative estimate of drug-likeness (QED) is 0.342. The first-order valence-corrected chi connectivity index (χ1v) is 9.04. The van der Waals surface area contributed by atoms with Gasteiger partial charge in [-0.2, -0.15) is 0 Å². The molecule has 1 aromatic rings. The van der Waals surface area contributed by atoms with E-state index < -0.39 is 10.9 Å². The number of carbonyl (C=O) groups excluding carboxylic acids is 1. The van der Waals surface area contributed by atoms with Crippen LogP contribution in [0.25, 0.3) is 6.08 Å². The first-order chi connectivity index (χ1) is 12.6. The van der Waals surface area contributed by atoms with Crippen molar-refractivity contribution in [2.45, 2.75) is 46.1 Å². The Morgan fingerprint density at radius 2 is 2.04 bits per heavy atom. The topological polar surface area (TPSA) is 90.7 Å². The molecule has 0 heterocycles. The van der Waals surface area contributed by atoms with Gasteiger partial charge in [0.1, 0.15) is 11.4 Å². The lowest BCUT2D eigenvalue weighted by Crippen LogP contribution is -2.35. The molecule has 0 spiro atoms. The van der Waals surface area contributed by atoms with Gasteiger partial charge in [0.25, 0.3) is 5.69 Å². The summed E-state index contributed by atoms with van der Waals surface area (Å²) in [7, 11) is 2.76. The largest absolute Gasteiger partial charge is 0.496 e. The molecule has 1 aliphatic rings. The van der Waals surface area contributed by atoms with Gasteiger partial charge in [0, 0.05) is 29.8 Å². The van der Waals surface area contributed by atoms with Gasteiger partial charge in [0.15, 0.2) is 0 Å². The van der Waals surface area contributed by atoms with E-state index in [4.69, 9.17) is 4.74 Å². The van der Waals surface area contributed by atoms with Gasteiger partial charge in [-0.25, -0.2) is 4.79 Å². The maximum atomic E-state index is 11.6. The molecule has 0 aromatic heterocycles. The lowest BCUT2D eigenvalue weighted by Gasteiger charge is -2.39. The van der Waals surface area contributed by atoms with Crippen LogP contribution < -0.4 is 10.1 Å². The first-order valence-electron chi connectivity index (χ1n) is 9.04. The Labute approximate surface area is 159 Å². The van der Waals surface area contributed by atoms with Crippen molar-refractivity contribution in [1.82, 2.24) is 0 Å². The van der Waals surface area contributed by atoms with Crippen molar-refractivity contribution in [2.75, 3.05) is 19.5 Å². The standard InChI is InChI=1S/C20H28N2O5/c1-13-8-15(12-20(2,3)11-13)21-16-10-18(26-4)14(6-7-19(23)27-5)9-17(16)22(24)25/h6-7,9-10,13,15,21H,8,11-12H2,1-5H3/b7-6+/t13-,15+/m1/s1. The Morgan fingerprint density at radius 1 is 1.33 bits per heavy atom. The van der Waals surface area contributed by atoms with Crippen LogP contribution >= 0.6 is 0 Å². The summed E-state index contributed by atoms with van der Waals surface area (Å²) in [4.78, 5) is 22.5. The van der Waals surface area contributed by atoms with Crippen LogP contribution in [0.15, 0.2) is 18.2 Å². The third-order valence-corrected chi connectivity index (χ3v) is 4.89. The second-order valence-electron chi connectivity index (χ2n) is 7.98. The molecule has 2 rings (SSSR count). The summed E-state index contributed by atoms with van der Waals surface area (Å²) in [5.74, 6) is 0.459. The fraction of sp³-hybridized carbons (Fsp3) is 0.550. The summed E-state index contributed by atoms with van der Waals surface area (Å²) in [5.41, 5.74) is 1.02. The van der Waals surface area contributed by atoms with E-state index in [2.05, 4.69) is 30.8 Å². The highest BCUT2D eigenvalue weighted by Gasteiger charge is 2.33. The first kappa shape index (κ1) is 20.7. The highest BCUT2D eigenvalue weighted by atomic mass is 16.6. The summed E-state index contributed by atoms with van der Waals surface area (Å²) < 4.78 is 9.94. The molecule has 7 nitrogen and oxygen atoms in total. The van der Waals surface area contributed by atoms with Crippen LogP contribution in [0.4, 0.5) is 11.4 Å². The minimum atomic E-state index is -0.541. The molecule has 1 fully saturated rings. The molecule has 7 heteroatoms. The average molecular weight is 376 g/mol. The van der Waals surface area contributed by atoms with Gasteiger partial charge in [-0.15, -0.1) is 0 Å². The van der Waals surface area contributed by atoms with Gasteiger partial charge in [0.05, 0.1) is 19.1 Å². The molecule has 1 aliphatic carbocycles. The molecule has 0 unspecified atom stereocenters. The zero-order valence-electron chi connectivity index (χ0n) is 16.6. The zero-order chi connectivity index (χ0) is 20.2. The maximum Gasteiger partial charge on any atom is 0.330 e. The van der Waals surface area contributed by atoms with Crippen LogP contribution in [-0.4, -0.2) is 31.2 Å². The molecular formula is C20H28N2O5. The number of rotatable bonds is 6. The van der Waals surface area contributed by atoms with Crippen LogP contribution in [0, 0.1) is 21.4 Å². The molecule has 0 radical (unpaired) electrons. The van der Waals surface area contributed by atoms with E-state index in [-0.39, 0.29) is 17.1 Å². The summed E-state index contributed by atoms with van der Waals surface area (Å²) >= 11 is 0. The van der Waals surface area contributed by atoms with Crippen molar-refractivity contribution in [2.24, 2.45) is 11.3 Å². The van der Waals surface area contributed by atoms with E-state index in [0.29, 0.717) is 22.9 Å². The predicted molar refractivity (Wildman–Crippen MR) is 105 cm³/mol. The second kappa shape index (κ2) is 8.41. The zero-order valence-corrected chi connectivity index (χ0v) is 16.6. The fourth-order valence-electron chi connectivity index (χ4n) is 4.06. The van der Waals surface area contributed by atoms with Crippen LogP contribution in [0.1, 0.15) is 45.6 Å². The maximum absolute atomic E-state index is 11.6. The monoisotopic (exact) mass is 376 g/mol. The highest BCUT2D eigenvalue weighted by molar-refractivity contribution is 5.88. The lowest BCUT2D eigenvalue weighted by molar-refractivity contribution is -0.384. The second-order valence-corrected chi connectivity index (χ2v) is 7.98. The predicted octanol–water partition coefficient (Wildman–Crippen LogP) is 4.42. The molecule has 148 valence electrons. The molecule has 1 aromatic carbocycles. The van der Waals surface area contributed by atoms with Crippen LogP contribution in [0.3, 0.4) is 0 Å².